The number of rotatable bonds is 15. The SMILES string of the molecule is C=CC(Oc1ccc(C(C)(c2ccc(OC(C=C)c3ccccc3)cc2)c2ccc(OC(C=C)c3ccccc3)cc2)cc1)c1ccccc1. The lowest BCUT2D eigenvalue weighted by molar-refractivity contribution is 0.256. The Morgan fingerprint density at radius 3 is 0.840 bits per heavy atom. The van der Waals surface area contributed by atoms with Crippen molar-refractivity contribution in [2.45, 2.75) is 30.7 Å². The number of hydrogen-bond acceptors (Lipinski definition) is 3. The van der Waals surface area contributed by atoms with E-state index >= 15 is 0 Å². The zero-order valence-corrected chi connectivity index (χ0v) is 28.4. The molecular weight excluding hydrogens is 613 g/mol. The van der Waals surface area contributed by atoms with Crippen molar-refractivity contribution in [2.75, 3.05) is 0 Å². The first-order valence-electron chi connectivity index (χ1n) is 16.9. The van der Waals surface area contributed by atoms with Gasteiger partial charge in [-0.15, -0.1) is 0 Å². The molecule has 0 radical (unpaired) electrons. The number of hydrogen-bond donors (Lipinski definition) is 0. The summed E-state index contributed by atoms with van der Waals surface area (Å²) < 4.78 is 19.1. The molecule has 0 saturated carbocycles. The maximum atomic E-state index is 6.36. The second-order valence-electron chi connectivity index (χ2n) is 12.3. The molecule has 6 rings (SSSR count). The van der Waals surface area contributed by atoms with Crippen molar-refractivity contribution in [3.63, 3.8) is 0 Å². The fourth-order valence-corrected chi connectivity index (χ4v) is 6.23. The maximum Gasteiger partial charge on any atom is 0.142 e. The minimum absolute atomic E-state index is 0.251. The second kappa shape index (κ2) is 15.9. The standard InChI is InChI=1S/C47H42O3/c1-5-44(35-17-11-8-12-18-35)48-41-29-23-38(24-30-41)47(4,39-25-31-42(32-26-39)49-45(6-2)36-19-13-9-14-20-36)40-27-33-43(34-28-40)50-46(7-3)37-21-15-10-16-22-37/h5-34,44-46H,1-3H2,4H3. The molecule has 0 aliphatic heterocycles. The van der Waals surface area contributed by atoms with Gasteiger partial charge in [-0.2, -0.15) is 0 Å². The smallest absolute Gasteiger partial charge is 0.142 e. The lowest BCUT2D eigenvalue weighted by Crippen LogP contribution is -2.25. The summed E-state index contributed by atoms with van der Waals surface area (Å²) >= 11 is 0. The first kappa shape index (κ1) is 33.8. The summed E-state index contributed by atoms with van der Waals surface area (Å²) in [5.74, 6) is 2.31. The van der Waals surface area contributed by atoms with Crippen LogP contribution in [-0.2, 0) is 5.41 Å². The highest BCUT2D eigenvalue weighted by Crippen LogP contribution is 2.41. The van der Waals surface area contributed by atoms with Gasteiger partial charge in [-0.25, -0.2) is 0 Å². The fourth-order valence-electron chi connectivity index (χ4n) is 6.23. The van der Waals surface area contributed by atoms with Gasteiger partial charge in [0.15, 0.2) is 0 Å². The highest BCUT2D eigenvalue weighted by Gasteiger charge is 2.32. The van der Waals surface area contributed by atoms with Crippen LogP contribution in [0.4, 0.5) is 0 Å². The van der Waals surface area contributed by atoms with Gasteiger partial charge in [0.05, 0.1) is 0 Å². The molecule has 0 saturated heterocycles. The molecule has 0 aromatic heterocycles. The lowest BCUT2D eigenvalue weighted by atomic mass is 9.71. The zero-order valence-electron chi connectivity index (χ0n) is 28.4. The monoisotopic (exact) mass is 654 g/mol. The minimum Gasteiger partial charge on any atom is -0.482 e. The molecule has 3 nitrogen and oxygen atoms in total. The van der Waals surface area contributed by atoms with E-state index in [4.69, 9.17) is 14.2 Å². The molecule has 0 aliphatic rings. The molecule has 6 aromatic rings. The van der Waals surface area contributed by atoms with Gasteiger partial charge in [0.25, 0.3) is 0 Å². The Labute approximate surface area is 296 Å². The van der Waals surface area contributed by atoms with Crippen molar-refractivity contribution in [3.8, 4) is 17.2 Å². The third-order valence-electron chi connectivity index (χ3n) is 9.11. The van der Waals surface area contributed by atoms with E-state index in [0.717, 1.165) is 50.6 Å². The van der Waals surface area contributed by atoms with Gasteiger partial charge in [0, 0.05) is 5.41 Å². The van der Waals surface area contributed by atoms with Crippen LogP contribution in [0, 0.1) is 0 Å². The van der Waals surface area contributed by atoms with Gasteiger partial charge < -0.3 is 14.2 Å². The minimum atomic E-state index is -0.513. The van der Waals surface area contributed by atoms with Crippen LogP contribution in [0.3, 0.4) is 0 Å². The highest BCUT2D eigenvalue weighted by atomic mass is 16.5. The van der Waals surface area contributed by atoms with Crippen molar-refractivity contribution in [2.24, 2.45) is 0 Å². The topological polar surface area (TPSA) is 27.7 Å². The van der Waals surface area contributed by atoms with E-state index in [0.29, 0.717) is 0 Å². The Kier molecular flexibility index (Phi) is 10.8. The van der Waals surface area contributed by atoms with E-state index in [-0.39, 0.29) is 18.3 Å². The van der Waals surface area contributed by atoms with Crippen molar-refractivity contribution >= 4 is 0 Å². The van der Waals surface area contributed by atoms with E-state index in [1.165, 1.54) is 0 Å². The highest BCUT2D eigenvalue weighted by molar-refractivity contribution is 5.52. The van der Waals surface area contributed by atoms with Gasteiger partial charge in [0.1, 0.15) is 35.6 Å². The van der Waals surface area contributed by atoms with Crippen LogP contribution in [0.25, 0.3) is 0 Å². The molecule has 248 valence electrons. The van der Waals surface area contributed by atoms with Crippen LogP contribution in [0.1, 0.15) is 58.6 Å². The van der Waals surface area contributed by atoms with Crippen molar-refractivity contribution in [3.05, 3.63) is 235 Å². The molecule has 0 fully saturated rings. The van der Waals surface area contributed by atoms with Crippen molar-refractivity contribution in [1.82, 2.24) is 0 Å². The molecule has 3 heteroatoms. The number of ether oxygens (including phenoxy) is 3. The molecule has 3 atom stereocenters. The normalized spacial score (nSPS) is 13.9. The zero-order chi connectivity index (χ0) is 34.8. The van der Waals surface area contributed by atoms with Crippen LogP contribution < -0.4 is 14.2 Å². The van der Waals surface area contributed by atoms with Crippen LogP contribution >= 0.6 is 0 Å². The van der Waals surface area contributed by atoms with Gasteiger partial charge in [0.2, 0.25) is 0 Å². The molecule has 0 spiro atoms. The van der Waals surface area contributed by atoms with Gasteiger partial charge >= 0.3 is 0 Å². The summed E-state index contributed by atoms with van der Waals surface area (Å²) in [6.07, 6.45) is 4.72. The number of benzene rings is 6. The molecule has 0 heterocycles. The largest absolute Gasteiger partial charge is 0.482 e. The fraction of sp³-hybridized carbons (Fsp3) is 0.106. The Bertz CT molecular complexity index is 1730. The summed E-state index contributed by atoms with van der Waals surface area (Å²) in [7, 11) is 0. The van der Waals surface area contributed by atoms with E-state index in [1.807, 2.05) is 146 Å². The summed E-state index contributed by atoms with van der Waals surface area (Å²) in [5.41, 5.74) is 5.99. The third kappa shape index (κ3) is 7.64. The summed E-state index contributed by atoms with van der Waals surface area (Å²) in [4.78, 5) is 0. The molecule has 0 amide bonds. The Balaban J connectivity index is 1.31. The Hall–Kier alpha value is -6.06. The molecular formula is C47H42O3. The molecule has 0 aliphatic carbocycles. The van der Waals surface area contributed by atoms with Gasteiger partial charge in [-0.1, -0.05) is 147 Å². The molecule has 50 heavy (non-hydrogen) atoms. The average molecular weight is 655 g/mol. The van der Waals surface area contributed by atoms with E-state index < -0.39 is 5.41 Å². The van der Waals surface area contributed by atoms with E-state index in [1.54, 1.807) is 0 Å². The first-order valence-corrected chi connectivity index (χ1v) is 16.9. The predicted octanol–water partition coefficient (Wildman–Crippen LogP) is 12.0. The Morgan fingerprint density at radius 1 is 0.380 bits per heavy atom. The van der Waals surface area contributed by atoms with Gasteiger partial charge in [-0.05, 0) is 94.9 Å². The molecule has 3 unspecified atom stereocenters. The first-order chi connectivity index (χ1) is 24.5. The second-order valence-corrected chi connectivity index (χ2v) is 12.3. The summed E-state index contributed by atoms with van der Waals surface area (Å²) in [6.45, 7) is 14.3. The summed E-state index contributed by atoms with van der Waals surface area (Å²) in [6, 6.07) is 55.4. The quantitative estimate of drug-likeness (QED) is 0.0815. The van der Waals surface area contributed by atoms with Crippen LogP contribution in [0.5, 0.6) is 17.2 Å². The van der Waals surface area contributed by atoms with Crippen molar-refractivity contribution < 1.29 is 14.2 Å². The lowest BCUT2D eigenvalue weighted by Gasteiger charge is -2.32. The van der Waals surface area contributed by atoms with Crippen LogP contribution in [-0.4, -0.2) is 0 Å². The van der Waals surface area contributed by atoms with Gasteiger partial charge in [-0.3, -0.25) is 0 Å². The molecule has 0 N–H and O–H groups in total. The maximum absolute atomic E-state index is 6.36. The Morgan fingerprint density at radius 2 is 0.620 bits per heavy atom. The van der Waals surface area contributed by atoms with E-state index in [2.05, 4.69) is 63.1 Å². The van der Waals surface area contributed by atoms with Crippen LogP contribution in [0.15, 0.2) is 202 Å². The van der Waals surface area contributed by atoms with Crippen molar-refractivity contribution in [1.29, 1.82) is 0 Å². The average Bonchev–Trinajstić information content (AvgIpc) is 3.19. The van der Waals surface area contributed by atoms with E-state index in [9.17, 15) is 0 Å². The summed E-state index contributed by atoms with van der Waals surface area (Å²) in [5, 5.41) is 0. The molecule has 6 aromatic carbocycles. The molecule has 0 bridgehead atoms. The van der Waals surface area contributed by atoms with Crippen LogP contribution in [0.2, 0.25) is 0 Å². The third-order valence-corrected chi connectivity index (χ3v) is 9.11. The predicted molar refractivity (Wildman–Crippen MR) is 205 cm³/mol.